The number of aromatic nitrogens is 2. The van der Waals surface area contributed by atoms with E-state index in [-0.39, 0.29) is 30.0 Å². The highest BCUT2D eigenvalue weighted by atomic mass is 16.5. The van der Waals surface area contributed by atoms with E-state index in [9.17, 15) is 9.59 Å². The Bertz CT molecular complexity index is 530. The average Bonchev–Trinajstić information content (AvgIpc) is 3.10. The van der Waals surface area contributed by atoms with Crippen molar-refractivity contribution in [2.45, 2.75) is 39.2 Å². The van der Waals surface area contributed by atoms with Gasteiger partial charge in [0.2, 0.25) is 5.91 Å². The summed E-state index contributed by atoms with van der Waals surface area (Å²) in [6.07, 6.45) is 6.71. The monoisotopic (exact) mass is 334 g/mol. The predicted molar refractivity (Wildman–Crippen MR) is 89.4 cm³/mol. The molecule has 7 nitrogen and oxygen atoms in total. The van der Waals surface area contributed by atoms with Crippen molar-refractivity contribution in [1.29, 1.82) is 0 Å². The van der Waals surface area contributed by atoms with Crippen LogP contribution < -0.4 is 5.32 Å². The number of nitrogens with one attached hydrogen (secondary N) is 1. The van der Waals surface area contributed by atoms with Gasteiger partial charge in [-0.15, -0.1) is 0 Å². The van der Waals surface area contributed by atoms with E-state index in [1.165, 1.54) is 18.6 Å². The van der Waals surface area contributed by atoms with E-state index < -0.39 is 0 Å². The van der Waals surface area contributed by atoms with Crippen molar-refractivity contribution in [3.8, 4) is 0 Å². The van der Waals surface area contributed by atoms with Gasteiger partial charge in [0.15, 0.2) is 0 Å². The number of carbonyl (C=O) groups is 2. The smallest absolute Gasteiger partial charge is 0.274 e. The summed E-state index contributed by atoms with van der Waals surface area (Å²) >= 11 is 0. The highest BCUT2D eigenvalue weighted by molar-refractivity contribution is 5.92. The number of ether oxygens (including phenoxy) is 1. The third-order valence-corrected chi connectivity index (χ3v) is 3.83. The van der Waals surface area contributed by atoms with Gasteiger partial charge in [0.05, 0.1) is 12.3 Å². The highest BCUT2D eigenvalue weighted by Gasteiger charge is 2.24. The van der Waals surface area contributed by atoms with Crippen molar-refractivity contribution in [1.82, 2.24) is 20.2 Å². The fourth-order valence-electron chi connectivity index (χ4n) is 2.52. The Kier molecular flexibility index (Phi) is 7.11. The van der Waals surface area contributed by atoms with E-state index >= 15 is 0 Å². The molecule has 2 amide bonds. The van der Waals surface area contributed by atoms with E-state index in [0.29, 0.717) is 25.6 Å². The van der Waals surface area contributed by atoms with Crippen LogP contribution in [0.5, 0.6) is 0 Å². The highest BCUT2D eigenvalue weighted by Crippen LogP contribution is 2.15. The molecular weight excluding hydrogens is 308 g/mol. The molecule has 1 fully saturated rings. The lowest BCUT2D eigenvalue weighted by molar-refractivity contribution is -0.121. The van der Waals surface area contributed by atoms with Crippen LogP contribution in [0.4, 0.5) is 0 Å². The van der Waals surface area contributed by atoms with Crippen molar-refractivity contribution in [2.24, 2.45) is 5.92 Å². The van der Waals surface area contributed by atoms with E-state index in [4.69, 9.17) is 4.74 Å². The number of hydrogen-bond donors (Lipinski definition) is 1. The molecule has 0 bridgehead atoms. The molecule has 0 aliphatic carbocycles. The minimum atomic E-state index is -0.213. The largest absolute Gasteiger partial charge is 0.376 e. The van der Waals surface area contributed by atoms with Gasteiger partial charge in [0.1, 0.15) is 5.69 Å². The molecule has 1 atom stereocenters. The number of nitrogens with zero attached hydrogens (tertiary/aromatic N) is 3. The molecule has 1 aliphatic heterocycles. The van der Waals surface area contributed by atoms with E-state index in [0.717, 1.165) is 19.4 Å². The molecule has 1 saturated heterocycles. The van der Waals surface area contributed by atoms with Gasteiger partial charge < -0.3 is 15.0 Å². The van der Waals surface area contributed by atoms with Crippen molar-refractivity contribution in [3.63, 3.8) is 0 Å². The molecule has 1 unspecified atom stereocenters. The quantitative estimate of drug-likeness (QED) is 0.774. The Morgan fingerprint density at radius 2 is 2.25 bits per heavy atom. The lowest BCUT2D eigenvalue weighted by Gasteiger charge is -2.25. The fraction of sp³-hybridized carbons (Fsp3) is 0.647. The van der Waals surface area contributed by atoms with Gasteiger partial charge in [-0.3, -0.25) is 14.6 Å². The maximum atomic E-state index is 12.6. The zero-order valence-electron chi connectivity index (χ0n) is 14.4. The standard InChI is InChI=1S/C17H26N4O3/c1-13(2)10-20-16(22)5-8-21(12-14-4-3-9-24-14)17(23)15-11-18-6-7-19-15/h6-7,11,13-14H,3-5,8-10,12H2,1-2H3,(H,20,22). The maximum Gasteiger partial charge on any atom is 0.274 e. The summed E-state index contributed by atoms with van der Waals surface area (Å²) in [7, 11) is 0. The van der Waals surface area contributed by atoms with Gasteiger partial charge in [0, 0.05) is 45.1 Å². The van der Waals surface area contributed by atoms with Gasteiger partial charge >= 0.3 is 0 Å². The third-order valence-electron chi connectivity index (χ3n) is 3.83. The Morgan fingerprint density at radius 1 is 1.42 bits per heavy atom. The molecule has 132 valence electrons. The fourth-order valence-corrected chi connectivity index (χ4v) is 2.52. The molecule has 24 heavy (non-hydrogen) atoms. The first-order chi connectivity index (χ1) is 11.6. The van der Waals surface area contributed by atoms with Crippen LogP contribution in [0.25, 0.3) is 0 Å². The zero-order valence-corrected chi connectivity index (χ0v) is 14.4. The maximum absolute atomic E-state index is 12.6. The summed E-state index contributed by atoms with van der Waals surface area (Å²) in [5.74, 6) is 0.140. The first kappa shape index (κ1) is 18.3. The summed E-state index contributed by atoms with van der Waals surface area (Å²) in [5.41, 5.74) is 0.290. The number of amides is 2. The average molecular weight is 334 g/mol. The zero-order chi connectivity index (χ0) is 17.4. The Hall–Kier alpha value is -2.02. The molecule has 7 heteroatoms. The summed E-state index contributed by atoms with van der Waals surface area (Å²) in [6.45, 7) is 6.28. The summed E-state index contributed by atoms with van der Waals surface area (Å²) in [4.78, 5) is 34.2. The van der Waals surface area contributed by atoms with Crippen LogP contribution in [0, 0.1) is 5.92 Å². The van der Waals surface area contributed by atoms with Crippen molar-refractivity contribution in [2.75, 3.05) is 26.2 Å². The van der Waals surface area contributed by atoms with Crippen LogP contribution in [-0.2, 0) is 9.53 Å². The number of hydrogen-bond acceptors (Lipinski definition) is 5. The molecule has 0 saturated carbocycles. The van der Waals surface area contributed by atoms with Crippen LogP contribution in [0.3, 0.4) is 0 Å². The normalized spacial score (nSPS) is 17.0. The minimum Gasteiger partial charge on any atom is -0.376 e. The van der Waals surface area contributed by atoms with Crippen molar-refractivity contribution >= 4 is 11.8 Å². The van der Waals surface area contributed by atoms with Gasteiger partial charge in [-0.25, -0.2) is 4.98 Å². The van der Waals surface area contributed by atoms with E-state index in [1.807, 2.05) is 13.8 Å². The number of carbonyl (C=O) groups excluding carboxylic acids is 2. The summed E-state index contributed by atoms with van der Waals surface area (Å²) in [6, 6.07) is 0. The second kappa shape index (κ2) is 9.32. The first-order valence-corrected chi connectivity index (χ1v) is 8.50. The Labute approximate surface area is 142 Å². The molecule has 0 spiro atoms. The molecule has 1 N–H and O–H groups in total. The lowest BCUT2D eigenvalue weighted by Crippen LogP contribution is -2.40. The Balaban J connectivity index is 1.94. The van der Waals surface area contributed by atoms with Gasteiger partial charge in [-0.2, -0.15) is 0 Å². The van der Waals surface area contributed by atoms with E-state index in [1.54, 1.807) is 4.90 Å². The van der Waals surface area contributed by atoms with Gasteiger partial charge in [-0.05, 0) is 18.8 Å². The second-order valence-electron chi connectivity index (χ2n) is 6.42. The van der Waals surface area contributed by atoms with Crippen LogP contribution >= 0.6 is 0 Å². The molecule has 0 aromatic carbocycles. The second-order valence-corrected chi connectivity index (χ2v) is 6.42. The first-order valence-electron chi connectivity index (χ1n) is 8.50. The predicted octanol–water partition coefficient (Wildman–Crippen LogP) is 1.26. The van der Waals surface area contributed by atoms with Crippen molar-refractivity contribution < 1.29 is 14.3 Å². The lowest BCUT2D eigenvalue weighted by atomic mass is 10.2. The molecule has 1 aliphatic rings. The van der Waals surface area contributed by atoms with Crippen LogP contribution in [0.1, 0.15) is 43.6 Å². The molecule has 1 aromatic heterocycles. The molecule has 1 aromatic rings. The van der Waals surface area contributed by atoms with Crippen LogP contribution in [0.15, 0.2) is 18.6 Å². The van der Waals surface area contributed by atoms with Crippen LogP contribution in [-0.4, -0.2) is 59.0 Å². The SMILES string of the molecule is CC(C)CNC(=O)CCN(CC1CCCO1)C(=O)c1cnccn1. The topological polar surface area (TPSA) is 84.4 Å². The minimum absolute atomic E-state index is 0.0318. The van der Waals surface area contributed by atoms with Crippen LogP contribution in [0.2, 0.25) is 0 Å². The molecular formula is C17H26N4O3. The Morgan fingerprint density at radius 3 is 2.88 bits per heavy atom. The molecule has 2 heterocycles. The molecule has 0 radical (unpaired) electrons. The van der Waals surface area contributed by atoms with Gasteiger partial charge in [-0.1, -0.05) is 13.8 Å². The van der Waals surface area contributed by atoms with Crippen molar-refractivity contribution in [3.05, 3.63) is 24.3 Å². The summed E-state index contributed by atoms with van der Waals surface area (Å²) in [5, 5.41) is 2.87. The van der Waals surface area contributed by atoms with Gasteiger partial charge in [0.25, 0.3) is 5.91 Å². The van der Waals surface area contributed by atoms with E-state index in [2.05, 4.69) is 15.3 Å². The third kappa shape index (κ3) is 5.88. The molecule has 2 rings (SSSR count). The summed E-state index contributed by atoms with van der Waals surface area (Å²) < 4.78 is 5.62. The number of rotatable bonds is 8.